The number of aliphatic hydroxyl groups is 1. The highest BCUT2D eigenvalue weighted by molar-refractivity contribution is 5.79. The van der Waals surface area contributed by atoms with E-state index < -0.39 is 0 Å². The fourth-order valence-corrected chi connectivity index (χ4v) is 3.31. The Bertz CT molecular complexity index is 733. The number of nitrogens with zero attached hydrogens (tertiary/aromatic N) is 2. The number of pyridine rings is 1. The van der Waals surface area contributed by atoms with Crippen LogP contribution in [0.3, 0.4) is 0 Å². The number of ether oxygens (including phenoxy) is 1. The van der Waals surface area contributed by atoms with E-state index in [2.05, 4.69) is 20.5 Å². The Hall–Kier alpha value is -2.41. The number of rotatable bonds is 6. The van der Waals surface area contributed by atoms with E-state index in [1.165, 1.54) is 0 Å². The summed E-state index contributed by atoms with van der Waals surface area (Å²) in [7, 11) is 1.59. The third kappa shape index (κ3) is 3.82. The number of hydrogen-bond acceptors (Lipinski definition) is 5. The van der Waals surface area contributed by atoms with Crippen LogP contribution in [0.4, 0.5) is 0 Å². The summed E-state index contributed by atoms with van der Waals surface area (Å²) < 4.78 is 5.24. The lowest BCUT2D eigenvalue weighted by atomic mass is 9.75. The molecule has 0 aromatic carbocycles. The van der Waals surface area contributed by atoms with Gasteiger partial charge >= 0.3 is 0 Å². The molecule has 1 fully saturated rings. The second-order valence-electron chi connectivity index (χ2n) is 6.68. The fraction of sp³-hybridized carbons (Fsp3) is 0.500. The first-order chi connectivity index (χ1) is 12.0. The normalized spacial score (nSPS) is 20.6. The molecule has 0 unspecified atom stereocenters. The third-order valence-electron chi connectivity index (χ3n) is 4.88. The van der Waals surface area contributed by atoms with Crippen LogP contribution in [0.2, 0.25) is 0 Å². The Morgan fingerprint density at radius 3 is 2.80 bits per heavy atom. The Kier molecular flexibility index (Phi) is 5.03. The third-order valence-corrected chi connectivity index (χ3v) is 4.88. The first-order valence-corrected chi connectivity index (χ1v) is 8.44. The quantitative estimate of drug-likeness (QED) is 0.739. The second kappa shape index (κ2) is 7.23. The first kappa shape index (κ1) is 17.4. The molecule has 3 rings (SSSR count). The molecule has 25 heavy (non-hydrogen) atoms. The standard InChI is InChI=1S/C18H24N4O3/c1-10-16(11(2)22-21-10)7-17(24)20-18(12-4-14(23)5-12)13-6-15(25-3)9-19-8-13/h6,8-9,12,14,18,23H,4-5,7H2,1-3H3,(H,20,24)(H,21,22)/t12?,14?,18-/m0/s1. The summed E-state index contributed by atoms with van der Waals surface area (Å²) in [6.07, 6.45) is 4.71. The van der Waals surface area contributed by atoms with Gasteiger partial charge < -0.3 is 15.2 Å². The van der Waals surface area contributed by atoms with Gasteiger partial charge in [-0.15, -0.1) is 0 Å². The molecule has 2 heterocycles. The molecule has 3 N–H and O–H groups in total. The van der Waals surface area contributed by atoms with Crippen molar-refractivity contribution in [3.05, 3.63) is 41.0 Å². The van der Waals surface area contributed by atoms with E-state index in [0.717, 1.165) is 22.5 Å². The summed E-state index contributed by atoms with van der Waals surface area (Å²) in [4.78, 5) is 16.8. The molecule has 2 aromatic rings. The lowest BCUT2D eigenvalue weighted by molar-refractivity contribution is -0.122. The fourth-order valence-electron chi connectivity index (χ4n) is 3.31. The summed E-state index contributed by atoms with van der Waals surface area (Å²) in [5, 5.41) is 19.8. The number of aromatic nitrogens is 3. The summed E-state index contributed by atoms with van der Waals surface area (Å²) in [6.45, 7) is 3.80. The van der Waals surface area contributed by atoms with Crippen LogP contribution in [0, 0.1) is 19.8 Å². The number of methoxy groups -OCH3 is 1. The van der Waals surface area contributed by atoms with Crippen LogP contribution in [-0.2, 0) is 11.2 Å². The molecule has 7 heteroatoms. The average Bonchev–Trinajstić information content (AvgIpc) is 2.89. The highest BCUT2D eigenvalue weighted by Gasteiger charge is 2.36. The highest BCUT2D eigenvalue weighted by atomic mass is 16.5. The van der Waals surface area contributed by atoms with Crippen LogP contribution >= 0.6 is 0 Å². The summed E-state index contributed by atoms with van der Waals surface area (Å²) in [6, 6.07) is 1.70. The van der Waals surface area contributed by atoms with Crippen LogP contribution in [-0.4, -0.2) is 39.4 Å². The topological polar surface area (TPSA) is 100 Å². The minimum atomic E-state index is -0.290. The van der Waals surface area contributed by atoms with E-state index in [0.29, 0.717) is 18.6 Å². The van der Waals surface area contributed by atoms with E-state index in [4.69, 9.17) is 4.74 Å². The monoisotopic (exact) mass is 344 g/mol. The molecule has 0 bridgehead atoms. The molecule has 7 nitrogen and oxygen atoms in total. The molecule has 1 aliphatic carbocycles. The maximum Gasteiger partial charge on any atom is 0.225 e. The Morgan fingerprint density at radius 1 is 1.44 bits per heavy atom. The lowest BCUT2D eigenvalue weighted by Gasteiger charge is -2.38. The number of amides is 1. The molecule has 1 saturated carbocycles. The maximum atomic E-state index is 12.6. The smallest absolute Gasteiger partial charge is 0.225 e. The van der Waals surface area contributed by atoms with Crippen LogP contribution in [0.25, 0.3) is 0 Å². The Labute approximate surface area is 146 Å². The van der Waals surface area contributed by atoms with Gasteiger partial charge in [0.1, 0.15) is 5.75 Å². The molecule has 0 aliphatic heterocycles. The van der Waals surface area contributed by atoms with Gasteiger partial charge in [0.2, 0.25) is 5.91 Å². The van der Waals surface area contributed by atoms with Crippen molar-refractivity contribution in [3.63, 3.8) is 0 Å². The van der Waals surface area contributed by atoms with Gasteiger partial charge in [-0.2, -0.15) is 5.10 Å². The van der Waals surface area contributed by atoms with E-state index >= 15 is 0 Å². The maximum absolute atomic E-state index is 12.6. The van der Waals surface area contributed by atoms with Crippen molar-refractivity contribution in [3.8, 4) is 5.75 Å². The summed E-state index contributed by atoms with van der Waals surface area (Å²) >= 11 is 0. The minimum absolute atomic E-state index is 0.0678. The SMILES string of the molecule is COc1cncc([C@@H](NC(=O)Cc2c(C)n[nH]c2C)C2CC(O)C2)c1. The molecule has 134 valence electrons. The van der Waals surface area contributed by atoms with Gasteiger partial charge in [0.15, 0.2) is 0 Å². The van der Waals surface area contributed by atoms with Crippen LogP contribution in [0.1, 0.15) is 41.4 Å². The zero-order valence-electron chi connectivity index (χ0n) is 14.7. The van der Waals surface area contributed by atoms with Crippen molar-refractivity contribution < 1.29 is 14.6 Å². The highest BCUT2D eigenvalue weighted by Crippen LogP contribution is 2.38. The molecular weight excluding hydrogens is 320 g/mol. The Morgan fingerprint density at radius 2 is 2.20 bits per heavy atom. The van der Waals surface area contributed by atoms with E-state index in [1.807, 2.05) is 19.9 Å². The van der Waals surface area contributed by atoms with Gasteiger partial charge in [0.05, 0.1) is 37.6 Å². The largest absolute Gasteiger partial charge is 0.495 e. The van der Waals surface area contributed by atoms with Gasteiger partial charge in [-0.1, -0.05) is 0 Å². The molecule has 0 saturated heterocycles. The van der Waals surface area contributed by atoms with Crippen molar-refractivity contribution >= 4 is 5.91 Å². The zero-order valence-corrected chi connectivity index (χ0v) is 14.7. The van der Waals surface area contributed by atoms with E-state index in [9.17, 15) is 9.90 Å². The summed E-state index contributed by atoms with van der Waals surface area (Å²) in [5.41, 5.74) is 3.57. The van der Waals surface area contributed by atoms with E-state index in [1.54, 1.807) is 19.5 Å². The van der Waals surface area contributed by atoms with Crippen molar-refractivity contribution in [2.75, 3.05) is 7.11 Å². The van der Waals surface area contributed by atoms with Gasteiger partial charge in [-0.3, -0.25) is 14.9 Å². The molecule has 1 atom stereocenters. The van der Waals surface area contributed by atoms with Gasteiger partial charge in [-0.05, 0) is 44.2 Å². The van der Waals surface area contributed by atoms with Gasteiger partial charge in [0.25, 0.3) is 0 Å². The van der Waals surface area contributed by atoms with Crippen molar-refractivity contribution in [2.24, 2.45) is 5.92 Å². The number of carbonyl (C=O) groups excluding carboxylic acids is 1. The minimum Gasteiger partial charge on any atom is -0.495 e. The first-order valence-electron chi connectivity index (χ1n) is 8.44. The van der Waals surface area contributed by atoms with Crippen LogP contribution in [0.15, 0.2) is 18.5 Å². The zero-order chi connectivity index (χ0) is 18.0. The van der Waals surface area contributed by atoms with Gasteiger partial charge in [0, 0.05) is 17.5 Å². The van der Waals surface area contributed by atoms with Crippen molar-refractivity contribution in [2.45, 2.75) is 45.3 Å². The van der Waals surface area contributed by atoms with Gasteiger partial charge in [-0.25, -0.2) is 0 Å². The average molecular weight is 344 g/mol. The number of H-pyrrole nitrogens is 1. The van der Waals surface area contributed by atoms with Crippen LogP contribution < -0.4 is 10.1 Å². The van der Waals surface area contributed by atoms with Crippen molar-refractivity contribution in [1.82, 2.24) is 20.5 Å². The number of hydrogen-bond donors (Lipinski definition) is 3. The van der Waals surface area contributed by atoms with E-state index in [-0.39, 0.29) is 30.4 Å². The molecule has 2 aromatic heterocycles. The number of aryl methyl sites for hydroxylation is 2. The number of aliphatic hydroxyl groups excluding tert-OH is 1. The predicted molar refractivity (Wildman–Crippen MR) is 92.2 cm³/mol. The molecular formula is C18H24N4O3. The number of nitrogens with one attached hydrogen (secondary N) is 2. The molecule has 1 amide bonds. The Balaban J connectivity index is 1.76. The van der Waals surface area contributed by atoms with Crippen molar-refractivity contribution in [1.29, 1.82) is 0 Å². The van der Waals surface area contributed by atoms with Crippen LogP contribution in [0.5, 0.6) is 5.75 Å². The lowest BCUT2D eigenvalue weighted by Crippen LogP contribution is -2.42. The molecule has 1 aliphatic rings. The second-order valence-corrected chi connectivity index (χ2v) is 6.68. The molecule has 0 spiro atoms. The predicted octanol–water partition coefficient (Wildman–Crippen LogP) is 1.60. The summed E-state index contributed by atoms with van der Waals surface area (Å²) in [5.74, 6) is 0.777. The number of aromatic amines is 1. The number of carbonyl (C=O) groups is 1. The molecule has 0 radical (unpaired) electrons.